The van der Waals surface area contributed by atoms with Crippen LogP contribution < -0.4 is 16.4 Å². The van der Waals surface area contributed by atoms with E-state index < -0.39 is 0 Å². The van der Waals surface area contributed by atoms with E-state index in [0.29, 0.717) is 13.1 Å². The van der Waals surface area contributed by atoms with Gasteiger partial charge in [0.05, 0.1) is 6.20 Å². The van der Waals surface area contributed by atoms with Crippen LogP contribution in [-0.4, -0.2) is 40.8 Å². The van der Waals surface area contributed by atoms with Gasteiger partial charge in [-0.05, 0) is 6.07 Å². The van der Waals surface area contributed by atoms with Crippen molar-refractivity contribution in [2.75, 3.05) is 31.1 Å². The number of rotatable bonds is 5. The Bertz CT molecular complexity index is 445. The highest BCUT2D eigenvalue weighted by molar-refractivity contribution is 5.68. The van der Waals surface area contributed by atoms with Crippen molar-refractivity contribution in [1.82, 2.24) is 14.6 Å². The molecule has 2 aromatic rings. The maximum atomic E-state index is 5.58. The molecule has 0 radical (unpaired) electrons. The van der Waals surface area contributed by atoms with E-state index in [9.17, 15) is 0 Å². The zero-order valence-corrected chi connectivity index (χ0v) is 9.08. The topological polar surface area (TPSA) is 85.5 Å². The van der Waals surface area contributed by atoms with Crippen LogP contribution in [0.25, 0.3) is 5.52 Å². The third kappa shape index (κ3) is 1.98. The molecule has 2 heterocycles. The molecule has 0 atom stereocenters. The molecule has 0 fully saturated rings. The van der Waals surface area contributed by atoms with Gasteiger partial charge in [-0.15, -0.1) is 0 Å². The maximum Gasteiger partial charge on any atom is 0.154 e. The zero-order valence-electron chi connectivity index (χ0n) is 9.08. The fourth-order valence-corrected chi connectivity index (χ4v) is 1.72. The van der Waals surface area contributed by atoms with Crippen LogP contribution in [-0.2, 0) is 0 Å². The van der Waals surface area contributed by atoms with Crippen molar-refractivity contribution in [1.29, 1.82) is 0 Å². The number of fused-ring (bicyclic) bond motifs is 1. The molecule has 2 aromatic heterocycles. The Labute approximate surface area is 93.9 Å². The molecule has 6 nitrogen and oxygen atoms in total. The third-order valence-electron chi connectivity index (χ3n) is 2.40. The second kappa shape index (κ2) is 4.91. The minimum Gasteiger partial charge on any atom is -0.352 e. The number of nitrogens with two attached hydrogens (primary N) is 2. The van der Waals surface area contributed by atoms with Crippen LogP contribution in [0.1, 0.15) is 0 Å². The van der Waals surface area contributed by atoms with Crippen LogP contribution in [0.2, 0.25) is 0 Å². The standard InChI is InChI=1S/C10H16N6/c11-2-6-15(7-3-12)10-9-1-4-14-16(9)8-5-13-10/h1,4-5,8H,2-3,6-7,11-12H2. The zero-order chi connectivity index (χ0) is 11.4. The molecule has 16 heavy (non-hydrogen) atoms. The van der Waals surface area contributed by atoms with Crippen molar-refractivity contribution in [2.45, 2.75) is 0 Å². The summed E-state index contributed by atoms with van der Waals surface area (Å²) in [5, 5.41) is 4.17. The lowest BCUT2D eigenvalue weighted by atomic mass is 10.4. The summed E-state index contributed by atoms with van der Waals surface area (Å²) in [4.78, 5) is 6.45. The van der Waals surface area contributed by atoms with Crippen molar-refractivity contribution in [2.24, 2.45) is 11.5 Å². The van der Waals surface area contributed by atoms with E-state index in [4.69, 9.17) is 11.5 Å². The van der Waals surface area contributed by atoms with Crippen molar-refractivity contribution >= 4 is 11.3 Å². The molecule has 0 aliphatic rings. The molecule has 0 aliphatic carbocycles. The summed E-state index contributed by atoms with van der Waals surface area (Å²) in [6.45, 7) is 2.65. The van der Waals surface area contributed by atoms with Gasteiger partial charge >= 0.3 is 0 Å². The van der Waals surface area contributed by atoms with Gasteiger partial charge in [0.15, 0.2) is 5.82 Å². The van der Waals surface area contributed by atoms with Gasteiger partial charge in [-0.1, -0.05) is 0 Å². The summed E-state index contributed by atoms with van der Waals surface area (Å²) < 4.78 is 1.79. The highest BCUT2D eigenvalue weighted by Crippen LogP contribution is 2.16. The Morgan fingerprint density at radius 2 is 1.94 bits per heavy atom. The van der Waals surface area contributed by atoms with Crippen molar-refractivity contribution in [3.63, 3.8) is 0 Å². The summed E-state index contributed by atoms with van der Waals surface area (Å²) in [6.07, 6.45) is 5.31. The van der Waals surface area contributed by atoms with Gasteiger partial charge in [-0.25, -0.2) is 9.50 Å². The highest BCUT2D eigenvalue weighted by Gasteiger charge is 2.10. The number of nitrogens with zero attached hydrogens (tertiary/aromatic N) is 4. The molecule has 0 aromatic carbocycles. The molecule has 0 unspecified atom stereocenters. The Morgan fingerprint density at radius 1 is 1.19 bits per heavy atom. The van der Waals surface area contributed by atoms with Gasteiger partial charge in [-0.3, -0.25) is 0 Å². The summed E-state index contributed by atoms with van der Waals surface area (Å²) >= 11 is 0. The summed E-state index contributed by atoms with van der Waals surface area (Å²) in [7, 11) is 0. The number of anilines is 1. The van der Waals surface area contributed by atoms with E-state index in [0.717, 1.165) is 24.4 Å². The van der Waals surface area contributed by atoms with Gasteiger partial charge < -0.3 is 16.4 Å². The molecule has 0 saturated heterocycles. The Kier molecular flexibility index (Phi) is 3.33. The van der Waals surface area contributed by atoms with E-state index >= 15 is 0 Å². The first-order valence-electron chi connectivity index (χ1n) is 5.30. The van der Waals surface area contributed by atoms with Crippen LogP contribution in [0.5, 0.6) is 0 Å². The van der Waals surface area contributed by atoms with Gasteiger partial charge in [0, 0.05) is 38.6 Å². The lowest BCUT2D eigenvalue weighted by Gasteiger charge is -2.22. The average Bonchev–Trinajstić information content (AvgIpc) is 2.76. The van der Waals surface area contributed by atoms with E-state index in [1.165, 1.54) is 0 Å². The van der Waals surface area contributed by atoms with E-state index in [2.05, 4.69) is 15.0 Å². The fourth-order valence-electron chi connectivity index (χ4n) is 1.72. The van der Waals surface area contributed by atoms with Crippen LogP contribution in [0.3, 0.4) is 0 Å². The molecule has 0 amide bonds. The van der Waals surface area contributed by atoms with Crippen molar-refractivity contribution in [3.8, 4) is 0 Å². The fraction of sp³-hybridized carbons (Fsp3) is 0.400. The minimum absolute atomic E-state index is 0.580. The molecule has 86 valence electrons. The van der Waals surface area contributed by atoms with Gasteiger partial charge in [0.2, 0.25) is 0 Å². The largest absolute Gasteiger partial charge is 0.352 e. The maximum absolute atomic E-state index is 5.58. The van der Waals surface area contributed by atoms with Crippen molar-refractivity contribution < 1.29 is 0 Å². The number of hydrogen-bond donors (Lipinski definition) is 2. The molecule has 6 heteroatoms. The van der Waals surface area contributed by atoms with E-state index in [-0.39, 0.29) is 0 Å². The van der Waals surface area contributed by atoms with Gasteiger partial charge in [0.25, 0.3) is 0 Å². The summed E-state index contributed by atoms with van der Waals surface area (Å²) in [5.41, 5.74) is 12.1. The SMILES string of the molecule is NCCN(CCN)c1nccn2nccc12. The minimum atomic E-state index is 0.580. The third-order valence-corrected chi connectivity index (χ3v) is 2.40. The summed E-state index contributed by atoms with van der Waals surface area (Å²) in [5.74, 6) is 0.885. The number of hydrogen-bond acceptors (Lipinski definition) is 5. The number of aromatic nitrogens is 3. The molecular formula is C10H16N6. The van der Waals surface area contributed by atoms with Crippen molar-refractivity contribution in [3.05, 3.63) is 24.7 Å². The first-order valence-corrected chi connectivity index (χ1v) is 5.30. The van der Waals surface area contributed by atoms with Crippen LogP contribution in [0.15, 0.2) is 24.7 Å². The average molecular weight is 220 g/mol. The Balaban J connectivity index is 2.38. The van der Waals surface area contributed by atoms with Crippen LogP contribution in [0, 0.1) is 0 Å². The van der Waals surface area contributed by atoms with Crippen LogP contribution in [0.4, 0.5) is 5.82 Å². The Morgan fingerprint density at radius 3 is 2.62 bits per heavy atom. The van der Waals surface area contributed by atoms with E-state index in [1.54, 1.807) is 16.9 Å². The van der Waals surface area contributed by atoms with E-state index in [1.807, 2.05) is 12.3 Å². The highest BCUT2D eigenvalue weighted by atomic mass is 15.3. The first-order chi connectivity index (χ1) is 7.86. The molecule has 2 rings (SSSR count). The molecule has 0 bridgehead atoms. The Hall–Kier alpha value is -1.66. The molecule has 0 saturated carbocycles. The smallest absolute Gasteiger partial charge is 0.154 e. The predicted molar refractivity (Wildman–Crippen MR) is 63.3 cm³/mol. The van der Waals surface area contributed by atoms with Gasteiger partial charge in [0.1, 0.15) is 5.52 Å². The molecular weight excluding hydrogens is 204 g/mol. The normalized spacial score (nSPS) is 10.9. The molecule has 0 spiro atoms. The molecule has 0 aliphatic heterocycles. The monoisotopic (exact) mass is 220 g/mol. The van der Waals surface area contributed by atoms with Crippen LogP contribution >= 0.6 is 0 Å². The lowest BCUT2D eigenvalue weighted by molar-refractivity contribution is 0.767. The second-order valence-corrected chi connectivity index (χ2v) is 3.48. The molecule has 4 N–H and O–H groups in total. The quantitative estimate of drug-likeness (QED) is 0.706. The van der Waals surface area contributed by atoms with Gasteiger partial charge in [-0.2, -0.15) is 5.10 Å². The second-order valence-electron chi connectivity index (χ2n) is 3.48. The first kappa shape index (κ1) is 10.8. The predicted octanol–water partition coefficient (Wildman–Crippen LogP) is -0.547. The lowest BCUT2D eigenvalue weighted by Crippen LogP contribution is -2.34. The summed E-state index contributed by atoms with van der Waals surface area (Å²) in [6, 6.07) is 1.93.